The first-order chi connectivity index (χ1) is 10.6. The van der Waals surface area contributed by atoms with Crippen molar-refractivity contribution in [1.29, 1.82) is 0 Å². The van der Waals surface area contributed by atoms with Gasteiger partial charge in [-0.25, -0.2) is 0 Å². The molecule has 0 bridgehead atoms. The van der Waals surface area contributed by atoms with E-state index in [9.17, 15) is 4.79 Å². The number of ether oxygens (including phenoxy) is 1. The van der Waals surface area contributed by atoms with E-state index < -0.39 is 0 Å². The van der Waals surface area contributed by atoms with E-state index in [2.05, 4.69) is 10.5 Å². The zero-order chi connectivity index (χ0) is 15.5. The van der Waals surface area contributed by atoms with Crippen molar-refractivity contribution in [2.24, 2.45) is 0 Å². The Kier molecular flexibility index (Phi) is 4.66. The number of halogens is 2. The predicted octanol–water partition coefficient (Wildman–Crippen LogP) is 3.56. The molecule has 22 heavy (non-hydrogen) atoms. The van der Waals surface area contributed by atoms with Gasteiger partial charge in [0.2, 0.25) is 0 Å². The summed E-state index contributed by atoms with van der Waals surface area (Å²) in [6.07, 6.45) is 2.08. The smallest absolute Gasteiger partial charge is 0.273 e. The van der Waals surface area contributed by atoms with Gasteiger partial charge in [-0.1, -0.05) is 28.4 Å². The molecule has 1 aliphatic heterocycles. The highest BCUT2D eigenvalue weighted by molar-refractivity contribution is 6.36. The van der Waals surface area contributed by atoms with Gasteiger partial charge in [-0.2, -0.15) is 0 Å². The van der Waals surface area contributed by atoms with Crippen LogP contribution in [0.5, 0.6) is 0 Å². The highest BCUT2D eigenvalue weighted by Gasteiger charge is 2.19. The molecule has 1 amide bonds. The summed E-state index contributed by atoms with van der Waals surface area (Å²) in [6.45, 7) is 1.23. The van der Waals surface area contributed by atoms with Gasteiger partial charge in [0.05, 0.1) is 11.1 Å². The minimum atomic E-state index is -0.296. The minimum absolute atomic E-state index is 0.0843. The van der Waals surface area contributed by atoms with Gasteiger partial charge in [0, 0.05) is 29.8 Å². The molecule has 1 fully saturated rings. The largest absolute Gasteiger partial charge is 0.376 e. The molecule has 0 radical (unpaired) electrons. The van der Waals surface area contributed by atoms with Crippen molar-refractivity contribution in [3.05, 3.63) is 40.0 Å². The molecule has 0 spiro atoms. The summed E-state index contributed by atoms with van der Waals surface area (Å²) in [7, 11) is 0. The number of hydrogen-bond acceptors (Lipinski definition) is 4. The summed E-state index contributed by atoms with van der Waals surface area (Å²) in [5.41, 5.74) is 0.843. The van der Waals surface area contributed by atoms with E-state index in [0.717, 1.165) is 19.4 Å². The molecule has 5 nitrogen and oxygen atoms in total. The molecule has 1 aromatic carbocycles. The van der Waals surface area contributed by atoms with Crippen LogP contribution in [0.3, 0.4) is 0 Å². The van der Waals surface area contributed by atoms with Crippen LogP contribution in [0.15, 0.2) is 28.8 Å². The van der Waals surface area contributed by atoms with Gasteiger partial charge >= 0.3 is 0 Å². The fraction of sp³-hybridized carbons (Fsp3) is 0.333. The zero-order valence-electron chi connectivity index (χ0n) is 11.6. The second-order valence-corrected chi connectivity index (χ2v) is 5.89. The zero-order valence-corrected chi connectivity index (χ0v) is 13.2. The third-order valence-corrected chi connectivity index (χ3v) is 4.00. The molecular weight excluding hydrogens is 327 g/mol. The first kappa shape index (κ1) is 15.3. The minimum Gasteiger partial charge on any atom is -0.376 e. The standard InChI is InChI=1S/C15H14Cl2N2O3/c16-9-3-4-11(12(17)6-9)14-7-13(19-22-14)15(20)18-8-10-2-1-5-21-10/h3-4,6-7,10H,1-2,5,8H2,(H,18,20)/t10-/m1/s1. The maximum absolute atomic E-state index is 12.0. The number of aromatic nitrogens is 1. The van der Waals surface area contributed by atoms with Crippen molar-refractivity contribution in [2.45, 2.75) is 18.9 Å². The summed E-state index contributed by atoms with van der Waals surface area (Å²) in [6, 6.07) is 6.58. The average molecular weight is 341 g/mol. The summed E-state index contributed by atoms with van der Waals surface area (Å²) in [4.78, 5) is 12.0. The van der Waals surface area contributed by atoms with Crippen LogP contribution >= 0.6 is 23.2 Å². The Bertz CT molecular complexity index is 681. The van der Waals surface area contributed by atoms with Gasteiger partial charge in [0.15, 0.2) is 11.5 Å². The number of benzene rings is 1. The number of amides is 1. The fourth-order valence-electron chi connectivity index (χ4n) is 2.30. The third-order valence-electron chi connectivity index (χ3n) is 3.45. The van der Waals surface area contributed by atoms with E-state index >= 15 is 0 Å². The molecule has 1 saturated heterocycles. The van der Waals surface area contributed by atoms with Crippen LogP contribution < -0.4 is 5.32 Å². The van der Waals surface area contributed by atoms with Gasteiger partial charge in [-0.3, -0.25) is 4.79 Å². The molecule has 7 heteroatoms. The lowest BCUT2D eigenvalue weighted by atomic mass is 10.1. The van der Waals surface area contributed by atoms with E-state index in [1.54, 1.807) is 24.3 Å². The van der Waals surface area contributed by atoms with Crippen LogP contribution in [-0.4, -0.2) is 30.3 Å². The van der Waals surface area contributed by atoms with Gasteiger partial charge in [0.25, 0.3) is 5.91 Å². The second kappa shape index (κ2) is 6.69. The molecule has 0 aliphatic carbocycles. The van der Waals surface area contributed by atoms with Crippen LogP contribution in [0.1, 0.15) is 23.3 Å². The Hall–Kier alpha value is -1.56. The Morgan fingerprint density at radius 3 is 2.95 bits per heavy atom. The lowest BCUT2D eigenvalue weighted by Crippen LogP contribution is -2.31. The van der Waals surface area contributed by atoms with Gasteiger partial charge in [-0.05, 0) is 31.0 Å². The van der Waals surface area contributed by atoms with Crippen LogP contribution in [0.2, 0.25) is 10.0 Å². The van der Waals surface area contributed by atoms with Crippen molar-refractivity contribution < 1.29 is 14.1 Å². The summed E-state index contributed by atoms with van der Waals surface area (Å²) in [5, 5.41) is 7.54. The van der Waals surface area contributed by atoms with E-state index in [1.807, 2.05) is 0 Å². The quantitative estimate of drug-likeness (QED) is 0.924. The van der Waals surface area contributed by atoms with E-state index in [-0.39, 0.29) is 17.7 Å². The number of hydrogen-bond donors (Lipinski definition) is 1. The summed E-state index contributed by atoms with van der Waals surface area (Å²) < 4.78 is 10.6. The molecule has 2 heterocycles. The van der Waals surface area contributed by atoms with E-state index in [0.29, 0.717) is 27.9 Å². The summed E-state index contributed by atoms with van der Waals surface area (Å²) in [5.74, 6) is 0.125. The molecule has 1 atom stereocenters. The third kappa shape index (κ3) is 3.43. The summed E-state index contributed by atoms with van der Waals surface area (Å²) >= 11 is 12.0. The first-order valence-corrected chi connectivity index (χ1v) is 7.71. The predicted molar refractivity (Wildman–Crippen MR) is 83.3 cm³/mol. The molecular formula is C15H14Cl2N2O3. The highest BCUT2D eigenvalue weighted by Crippen LogP contribution is 2.30. The molecule has 3 rings (SSSR count). The number of nitrogens with zero attached hydrogens (tertiary/aromatic N) is 1. The Morgan fingerprint density at radius 2 is 2.23 bits per heavy atom. The molecule has 0 saturated carbocycles. The molecule has 1 aliphatic rings. The van der Waals surface area contributed by atoms with Crippen LogP contribution in [0.25, 0.3) is 11.3 Å². The number of carbonyl (C=O) groups excluding carboxylic acids is 1. The molecule has 2 aromatic rings. The normalized spacial score (nSPS) is 17.6. The van der Waals surface area contributed by atoms with Crippen LogP contribution in [-0.2, 0) is 4.74 Å². The second-order valence-electron chi connectivity index (χ2n) is 5.05. The number of rotatable bonds is 4. The first-order valence-electron chi connectivity index (χ1n) is 6.95. The van der Waals surface area contributed by atoms with Crippen molar-refractivity contribution in [3.63, 3.8) is 0 Å². The average Bonchev–Trinajstić information content (AvgIpc) is 3.16. The lowest BCUT2D eigenvalue weighted by Gasteiger charge is -2.09. The Labute approximate surface area is 137 Å². The molecule has 0 unspecified atom stereocenters. The van der Waals surface area contributed by atoms with Crippen molar-refractivity contribution >= 4 is 29.1 Å². The SMILES string of the molecule is O=C(NC[C@H]1CCCO1)c1cc(-c2ccc(Cl)cc2Cl)on1. The van der Waals surface area contributed by atoms with Gasteiger partial charge in [0.1, 0.15) is 0 Å². The lowest BCUT2D eigenvalue weighted by molar-refractivity contribution is 0.0850. The number of nitrogens with one attached hydrogen (secondary N) is 1. The van der Waals surface area contributed by atoms with Crippen LogP contribution in [0, 0.1) is 0 Å². The topological polar surface area (TPSA) is 64.4 Å². The van der Waals surface area contributed by atoms with Crippen molar-refractivity contribution in [2.75, 3.05) is 13.2 Å². The maximum atomic E-state index is 12.0. The number of carbonyl (C=O) groups is 1. The molecule has 116 valence electrons. The van der Waals surface area contributed by atoms with E-state index in [4.69, 9.17) is 32.5 Å². The molecule has 1 aromatic heterocycles. The fourth-order valence-corrected chi connectivity index (χ4v) is 2.80. The highest BCUT2D eigenvalue weighted by atomic mass is 35.5. The Morgan fingerprint density at radius 1 is 1.36 bits per heavy atom. The van der Waals surface area contributed by atoms with Gasteiger partial charge < -0.3 is 14.6 Å². The molecule has 1 N–H and O–H groups in total. The Balaban J connectivity index is 1.68. The van der Waals surface area contributed by atoms with E-state index in [1.165, 1.54) is 0 Å². The van der Waals surface area contributed by atoms with Gasteiger partial charge in [-0.15, -0.1) is 0 Å². The van der Waals surface area contributed by atoms with Crippen molar-refractivity contribution in [3.8, 4) is 11.3 Å². The monoisotopic (exact) mass is 340 g/mol. The van der Waals surface area contributed by atoms with Crippen LogP contribution in [0.4, 0.5) is 0 Å². The maximum Gasteiger partial charge on any atom is 0.273 e. The van der Waals surface area contributed by atoms with Crippen molar-refractivity contribution in [1.82, 2.24) is 10.5 Å².